The van der Waals surface area contributed by atoms with E-state index >= 15 is 0 Å². The second-order valence-corrected chi connectivity index (χ2v) is 5.65. The topological polar surface area (TPSA) is 15.3 Å². The van der Waals surface area contributed by atoms with Crippen molar-refractivity contribution >= 4 is 5.69 Å². The number of rotatable bonds is 5. The van der Waals surface area contributed by atoms with Gasteiger partial charge < -0.3 is 10.2 Å². The molecule has 0 unspecified atom stereocenters. The van der Waals surface area contributed by atoms with Crippen LogP contribution in [0.3, 0.4) is 0 Å². The standard InChI is InChI=1S/C16H23F3N2/c1-2-11-21(12-13-7-9-20-10-8-13)15-6-4-3-5-14(15)16(17,18)19/h3-6,13,20H,2,7-12H2,1H3. The van der Waals surface area contributed by atoms with Crippen molar-refractivity contribution in [2.75, 3.05) is 31.1 Å². The van der Waals surface area contributed by atoms with Gasteiger partial charge in [-0.05, 0) is 50.4 Å². The molecule has 0 bridgehead atoms. The summed E-state index contributed by atoms with van der Waals surface area (Å²) in [7, 11) is 0. The molecule has 1 aromatic rings. The maximum absolute atomic E-state index is 13.2. The Labute approximate surface area is 124 Å². The van der Waals surface area contributed by atoms with Gasteiger partial charge >= 0.3 is 6.18 Å². The number of nitrogens with zero attached hydrogens (tertiary/aromatic N) is 1. The fourth-order valence-corrected chi connectivity index (χ4v) is 2.95. The molecule has 1 heterocycles. The number of halogens is 3. The predicted octanol–water partition coefficient (Wildman–Crippen LogP) is 3.92. The molecule has 0 aromatic heterocycles. The first-order valence-corrected chi connectivity index (χ1v) is 7.64. The van der Waals surface area contributed by atoms with Gasteiger partial charge in [-0.1, -0.05) is 19.1 Å². The first-order valence-electron chi connectivity index (χ1n) is 7.64. The molecule has 1 saturated heterocycles. The van der Waals surface area contributed by atoms with Gasteiger partial charge in [-0.25, -0.2) is 0 Å². The van der Waals surface area contributed by atoms with Crippen LogP contribution in [0, 0.1) is 5.92 Å². The number of nitrogens with one attached hydrogen (secondary N) is 1. The number of anilines is 1. The van der Waals surface area contributed by atoms with Crippen LogP contribution in [0.5, 0.6) is 0 Å². The summed E-state index contributed by atoms with van der Waals surface area (Å²) in [6.07, 6.45) is -1.38. The molecule has 0 radical (unpaired) electrons. The van der Waals surface area contributed by atoms with Gasteiger partial charge in [0.25, 0.3) is 0 Å². The predicted molar refractivity (Wildman–Crippen MR) is 79.5 cm³/mol. The summed E-state index contributed by atoms with van der Waals surface area (Å²) in [5.41, 5.74) is -0.197. The Morgan fingerprint density at radius 3 is 2.48 bits per heavy atom. The SMILES string of the molecule is CCCN(CC1CCNCC1)c1ccccc1C(F)(F)F. The lowest BCUT2D eigenvalue weighted by Gasteiger charge is -2.33. The fourth-order valence-electron chi connectivity index (χ4n) is 2.95. The van der Waals surface area contributed by atoms with Gasteiger partial charge in [0.05, 0.1) is 5.56 Å². The van der Waals surface area contributed by atoms with Crippen LogP contribution >= 0.6 is 0 Å². The van der Waals surface area contributed by atoms with Crippen molar-refractivity contribution in [2.45, 2.75) is 32.4 Å². The van der Waals surface area contributed by atoms with Gasteiger partial charge in [0.2, 0.25) is 0 Å². The first-order chi connectivity index (χ1) is 10.0. The van der Waals surface area contributed by atoms with E-state index in [1.807, 2.05) is 11.8 Å². The highest BCUT2D eigenvalue weighted by molar-refractivity contribution is 5.55. The lowest BCUT2D eigenvalue weighted by atomic mass is 9.97. The third kappa shape index (κ3) is 4.37. The molecule has 0 aliphatic carbocycles. The van der Waals surface area contributed by atoms with E-state index in [1.165, 1.54) is 12.1 Å². The maximum atomic E-state index is 13.2. The monoisotopic (exact) mass is 300 g/mol. The smallest absolute Gasteiger partial charge is 0.371 e. The van der Waals surface area contributed by atoms with E-state index in [0.717, 1.165) is 32.4 Å². The maximum Gasteiger partial charge on any atom is 0.418 e. The van der Waals surface area contributed by atoms with Crippen LogP contribution in [0.1, 0.15) is 31.7 Å². The highest BCUT2D eigenvalue weighted by Crippen LogP contribution is 2.37. The largest absolute Gasteiger partial charge is 0.418 e. The molecule has 1 aliphatic heterocycles. The van der Waals surface area contributed by atoms with E-state index in [4.69, 9.17) is 0 Å². The zero-order valence-corrected chi connectivity index (χ0v) is 12.4. The van der Waals surface area contributed by atoms with Crippen LogP contribution < -0.4 is 10.2 Å². The molecule has 1 aliphatic rings. The van der Waals surface area contributed by atoms with Gasteiger partial charge in [0.15, 0.2) is 0 Å². The van der Waals surface area contributed by atoms with E-state index in [9.17, 15) is 13.2 Å². The second-order valence-electron chi connectivity index (χ2n) is 5.65. The van der Waals surface area contributed by atoms with E-state index < -0.39 is 11.7 Å². The van der Waals surface area contributed by atoms with Crippen molar-refractivity contribution in [1.29, 1.82) is 0 Å². The van der Waals surface area contributed by atoms with Crippen molar-refractivity contribution in [2.24, 2.45) is 5.92 Å². The minimum Gasteiger partial charge on any atom is -0.371 e. The van der Waals surface area contributed by atoms with Crippen molar-refractivity contribution in [3.63, 3.8) is 0 Å². The molecule has 1 aromatic carbocycles. The molecular weight excluding hydrogens is 277 g/mol. The number of benzene rings is 1. The molecule has 5 heteroatoms. The Kier molecular flexibility index (Phi) is 5.51. The summed E-state index contributed by atoms with van der Waals surface area (Å²) in [6.45, 7) is 5.31. The molecule has 1 fully saturated rings. The van der Waals surface area contributed by atoms with Crippen LogP contribution in [0.15, 0.2) is 24.3 Å². The van der Waals surface area contributed by atoms with Crippen molar-refractivity contribution in [1.82, 2.24) is 5.32 Å². The molecule has 0 spiro atoms. The average Bonchev–Trinajstić information content (AvgIpc) is 2.47. The summed E-state index contributed by atoms with van der Waals surface area (Å²) in [5.74, 6) is 0.471. The highest BCUT2D eigenvalue weighted by Gasteiger charge is 2.34. The van der Waals surface area contributed by atoms with Gasteiger partial charge in [-0.2, -0.15) is 13.2 Å². The number of piperidine rings is 1. The van der Waals surface area contributed by atoms with Crippen LogP contribution in [-0.4, -0.2) is 26.2 Å². The zero-order chi connectivity index (χ0) is 15.3. The lowest BCUT2D eigenvalue weighted by molar-refractivity contribution is -0.137. The number of para-hydroxylation sites is 1. The van der Waals surface area contributed by atoms with E-state index in [2.05, 4.69) is 5.32 Å². The molecular formula is C16H23F3N2. The van der Waals surface area contributed by atoms with Gasteiger partial charge in [0.1, 0.15) is 0 Å². The Bertz CT molecular complexity index is 439. The minimum absolute atomic E-state index is 0.324. The molecule has 1 N–H and O–H groups in total. The molecule has 2 nitrogen and oxygen atoms in total. The van der Waals surface area contributed by atoms with Crippen molar-refractivity contribution in [3.8, 4) is 0 Å². The summed E-state index contributed by atoms with van der Waals surface area (Å²) in [5, 5.41) is 3.30. The van der Waals surface area contributed by atoms with E-state index in [-0.39, 0.29) is 0 Å². The van der Waals surface area contributed by atoms with Gasteiger partial charge in [0, 0.05) is 18.8 Å². The summed E-state index contributed by atoms with van der Waals surface area (Å²) in [6, 6.07) is 5.93. The molecule has 2 rings (SSSR count). The molecule has 0 amide bonds. The van der Waals surface area contributed by atoms with Crippen LogP contribution in [0.4, 0.5) is 18.9 Å². The third-order valence-electron chi connectivity index (χ3n) is 3.98. The minimum atomic E-state index is -4.29. The Hall–Kier alpha value is -1.23. The van der Waals surface area contributed by atoms with Gasteiger partial charge in [-0.3, -0.25) is 0 Å². The Morgan fingerprint density at radius 1 is 1.19 bits per heavy atom. The summed E-state index contributed by atoms with van der Waals surface area (Å²) < 4.78 is 39.6. The number of alkyl halides is 3. The van der Waals surface area contributed by atoms with Crippen LogP contribution in [0.25, 0.3) is 0 Å². The van der Waals surface area contributed by atoms with Crippen molar-refractivity contribution < 1.29 is 13.2 Å². The molecule has 0 atom stereocenters. The zero-order valence-electron chi connectivity index (χ0n) is 12.4. The number of hydrogen-bond acceptors (Lipinski definition) is 2. The second kappa shape index (κ2) is 7.16. The molecule has 118 valence electrons. The quantitative estimate of drug-likeness (QED) is 0.886. The summed E-state index contributed by atoms with van der Waals surface area (Å²) in [4.78, 5) is 1.92. The van der Waals surface area contributed by atoms with Crippen LogP contribution in [-0.2, 0) is 6.18 Å². The first kappa shape index (κ1) is 16.1. The molecule has 0 saturated carbocycles. The van der Waals surface area contributed by atoms with Crippen LogP contribution in [0.2, 0.25) is 0 Å². The molecule has 21 heavy (non-hydrogen) atoms. The average molecular weight is 300 g/mol. The van der Waals surface area contributed by atoms with E-state index in [0.29, 0.717) is 24.7 Å². The highest BCUT2D eigenvalue weighted by atomic mass is 19.4. The normalized spacial score (nSPS) is 17.0. The van der Waals surface area contributed by atoms with E-state index in [1.54, 1.807) is 12.1 Å². The lowest BCUT2D eigenvalue weighted by Crippen LogP contribution is -2.37. The fraction of sp³-hybridized carbons (Fsp3) is 0.625. The Morgan fingerprint density at radius 2 is 1.86 bits per heavy atom. The third-order valence-corrected chi connectivity index (χ3v) is 3.98. The van der Waals surface area contributed by atoms with Crippen molar-refractivity contribution in [3.05, 3.63) is 29.8 Å². The van der Waals surface area contributed by atoms with Gasteiger partial charge in [-0.15, -0.1) is 0 Å². The number of hydrogen-bond donors (Lipinski definition) is 1. The Balaban J connectivity index is 2.21. The summed E-state index contributed by atoms with van der Waals surface area (Å²) >= 11 is 0.